The fraction of sp³-hybridized carbons (Fsp3) is 0.400. The molecule has 2 aliphatic rings. The van der Waals surface area contributed by atoms with Crippen molar-refractivity contribution >= 4 is 0 Å². The van der Waals surface area contributed by atoms with Gasteiger partial charge in [0.05, 0.1) is 0 Å². The van der Waals surface area contributed by atoms with Gasteiger partial charge in [-0.05, 0) is 48.6 Å². The molecule has 0 atom stereocenters. The lowest BCUT2D eigenvalue weighted by atomic mass is 10.0. The van der Waals surface area contributed by atoms with Crippen LogP contribution in [-0.4, -0.2) is 25.7 Å². The second-order valence-corrected chi connectivity index (χ2v) is 6.50. The van der Waals surface area contributed by atoms with Crippen LogP contribution in [-0.2, 0) is 25.8 Å². The Morgan fingerprint density at radius 2 is 1.78 bits per heavy atom. The lowest BCUT2D eigenvalue weighted by molar-refractivity contribution is 0.301. The van der Waals surface area contributed by atoms with Crippen LogP contribution >= 0.6 is 0 Å². The van der Waals surface area contributed by atoms with Crippen molar-refractivity contribution in [3.63, 3.8) is 0 Å². The molecule has 0 saturated heterocycles. The van der Waals surface area contributed by atoms with Crippen LogP contribution < -0.4 is 15.4 Å². The molecule has 0 fully saturated rings. The fourth-order valence-corrected chi connectivity index (χ4v) is 3.74. The molecule has 2 aromatic rings. The van der Waals surface area contributed by atoms with Gasteiger partial charge in [0.1, 0.15) is 12.4 Å². The van der Waals surface area contributed by atoms with Crippen molar-refractivity contribution in [3.8, 4) is 5.75 Å². The third-order valence-corrected chi connectivity index (χ3v) is 4.95. The van der Waals surface area contributed by atoms with Gasteiger partial charge in [-0.25, -0.2) is 0 Å². The zero-order valence-corrected chi connectivity index (χ0v) is 13.5. The van der Waals surface area contributed by atoms with Crippen molar-refractivity contribution in [1.82, 2.24) is 10.6 Å². The van der Waals surface area contributed by atoms with Crippen molar-refractivity contribution in [2.24, 2.45) is 0 Å². The van der Waals surface area contributed by atoms with Crippen LogP contribution in [0, 0.1) is 0 Å². The average molecular weight is 308 g/mol. The number of fused-ring (bicyclic) bond motifs is 2. The van der Waals surface area contributed by atoms with E-state index in [1.165, 1.54) is 22.3 Å². The highest BCUT2D eigenvalue weighted by Gasteiger charge is 2.20. The maximum absolute atomic E-state index is 6.04. The number of nitrogens with one attached hydrogen (secondary N) is 2. The van der Waals surface area contributed by atoms with Crippen LogP contribution in [0.15, 0.2) is 42.5 Å². The predicted octanol–water partition coefficient (Wildman–Crippen LogP) is 2.47. The summed E-state index contributed by atoms with van der Waals surface area (Å²) in [5.74, 6) is 1.05. The van der Waals surface area contributed by atoms with Gasteiger partial charge >= 0.3 is 0 Å². The van der Waals surface area contributed by atoms with Gasteiger partial charge < -0.3 is 15.4 Å². The highest BCUT2D eigenvalue weighted by molar-refractivity contribution is 5.41. The van der Waals surface area contributed by atoms with Crippen molar-refractivity contribution < 1.29 is 4.74 Å². The van der Waals surface area contributed by atoms with Gasteiger partial charge in [-0.15, -0.1) is 0 Å². The van der Waals surface area contributed by atoms with E-state index >= 15 is 0 Å². The third kappa shape index (κ3) is 3.26. The SMILES string of the molecule is c1ccc2c(c1)CC(NCCOc1cccc3c1CNCC3)C2. The smallest absolute Gasteiger partial charge is 0.124 e. The van der Waals surface area contributed by atoms with E-state index in [1.807, 2.05) is 0 Å². The Hall–Kier alpha value is -1.84. The van der Waals surface area contributed by atoms with Gasteiger partial charge in [0.15, 0.2) is 0 Å². The molecule has 0 amide bonds. The van der Waals surface area contributed by atoms with Crippen LogP contribution in [0.5, 0.6) is 5.75 Å². The summed E-state index contributed by atoms with van der Waals surface area (Å²) in [5.41, 5.74) is 5.76. The monoisotopic (exact) mass is 308 g/mol. The van der Waals surface area contributed by atoms with Crippen LogP contribution in [0.1, 0.15) is 22.3 Å². The standard InChI is InChI=1S/C20H24N2O/c1-2-5-17-13-18(12-16(17)4-1)22-10-11-23-20-7-3-6-15-8-9-21-14-19(15)20/h1-7,18,21-22H,8-14H2. The number of benzene rings is 2. The summed E-state index contributed by atoms with van der Waals surface area (Å²) in [7, 11) is 0. The molecular formula is C20H24N2O. The summed E-state index contributed by atoms with van der Waals surface area (Å²) in [4.78, 5) is 0. The molecule has 2 N–H and O–H groups in total. The van der Waals surface area contributed by atoms with E-state index in [-0.39, 0.29) is 0 Å². The molecule has 4 rings (SSSR count). The summed E-state index contributed by atoms with van der Waals surface area (Å²) >= 11 is 0. The Morgan fingerprint density at radius 1 is 1.00 bits per heavy atom. The number of hydrogen-bond acceptors (Lipinski definition) is 3. The number of rotatable bonds is 5. The Balaban J connectivity index is 1.27. The van der Waals surface area contributed by atoms with Gasteiger partial charge in [-0.2, -0.15) is 0 Å². The van der Waals surface area contributed by atoms with E-state index in [9.17, 15) is 0 Å². The molecular weight excluding hydrogens is 284 g/mol. The van der Waals surface area contributed by atoms with E-state index in [2.05, 4.69) is 53.1 Å². The van der Waals surface area contributed by atoms with E-state index < -0.39 is 0 Å². The molecule has 0 radical (unpaired) electrons. The molecule has 3 heteroatoms. The van der Waals surface area contributed by atoms with Crippen molar-refractivity contribution in [3.05, 3.63) is 64.7 Å². The van der Waals surface area contributed by atoms with Gasteiger partial charge in [0.25, 0.3) is 0 Å². The second-order valence-electron chi connectivity index (χ2n) is 6.50. The Labute approximate surface area is 138 Å². The topological polar surface area (TPSA) is 33.3 Å². The maximum Gasteiger partial charge on any atom is 0.124 e. The molecule has 120 valence electrons. The molecule has 0 bridgehead atoms. The quantitative estimate of drug-likeness (QED) is 0.833. The number of hydrogen-bond donors (Lipinski definition) is 2. The summed E-state index contributed by atoms with van der Waals surface area (Å²) < 4.78 is 6.04. The van der Waals surface area contributed by atoms with Crippen molar-refractivity contribution in [1.29, 1.82) is 0 Å². The Morgan fingerprint density at radius 3 is 2.61 bits per heavy atom. The zero-order valence-electron chi connectivity index (χ0n) is 13.5. The minimum atomic E-state index is 0.558. The first-order valence-electron chi connectivity index (χ1n) is 8.64. The van der Waals surface area contributed by atoms with E-state index in [4.69, 9.17) is 4.74 Å². The van der Waals surface area contributed by atoms with E-state index in [1.54, 1.807) is 0 Å². The van der Waals surface area contributed by atoms with Crippen LogP contribution in [0.4, 0.5) is 0 Å². The lowest BCUT2D eigenvalue weighted by Crippen LogP contribution is -2.33. The molecule has 1 heterocycles. The minimum absolute atomic E-state index is 0.558. The predicted molar refractivity (Wildman–Crippen MR) is 93.0 cm³/mol. The van der Waals surface area contributed by atoms with E-state index in [0.717, 1.165) is 51.3 Å². The largest absolute Gasteiger partial charge is 0.492 e. The van der Waals surface area contributed by atoms with Gasteiger partial charge in [0, 0.05) is 24.7 Å². The molecule has 0 unspecified atom stereocenters. The van der Waals surface area contributed by atoms with Crippen molar-refractivity contribution in [2.75, 3.05) is 19.7 Å². The van der Waals surface area contributed by atoms with E-state index in [0.29, 0.717) is 6.04 Å². The fourth-order valence-electron chi connectivity index (χ4n) is 3.74. The summed E-state index contributed by atoms with van der Waals surface area (Å²) in [6.45, 7) is 3.62. The lowest BCUT2D eigenvalue weighted by Gasteiger charge is -2.21. The molecule has 2 aromatic carbocycles. The Kier molecular flexibility index (Phi) is 4.31. The molecule has 1 aliphatic carbocycles. The minimum Gasteiger partial charge on any atom is -0.492 e. The van der Waals surface area contributed by atoms with Crippen molar-refractivity contribution in [2.45, 2.75) is 31.8 Å². The van der Waals surface area contributed by atoms with Crippen LogP contribution in [0.3, 0.4) is 0 Å². The third-order valence-electron chi connectivity index (χ3n) is 4.95. The van der Waals surface area contributed by atoms with Gasteiger partial charge in [-0.3, -0.25) is 0 Å². The number of ether oxygens (including phenoxy) is 1. The van der Waals surface area contributed by atoms with Gasteiger partial charge in [0.2, 0.25) is 0 Å². The normalized spacial score (nSPS) is 16.9. The second kappa shape index (κ2) is 6.73. The molecule has 0 saturated carbocycles. The summed E-state index contributed by atoms with van der Waals surface area (Å²) in [6, 6.07) is 15.7. The molecule has 1 aliphatic heterocycles. The molecule has 23 heavy (non-hydrogen) atoms. The van der Waals surface area contributed by atoms with Crippen LogP contribution in [0.25, 0.3) is 0 Å². The zero-order chi connectivity index (χ0) is 15.5. The molecule has 0 aromatic heterocycles. The first-order valence-corrected chi connectivity index (χ1v) is 8.64. The maximum atomic E-state index is 6.04. The molecule has 3 nitrogen and oxygen atoms in total. The molecule has 0 spiro atoms. The average Bonchev–Trinajstić information content (AvgIpc) is 3.01. The first-order chi connectivity index (χ1) is 11.4. The summed E-state index contributed by atoms with van der Waals surface area (Å²) in [6.07, 6.45) is 3.38. The summed E-state index contributed by atoms with van der Waals surface area (Å²) in [5, 5.41) is 7.07. The highest BCUT2D eigenvalue weighted by atomic mass is 16.5. The Bertz CT molecular complexity index is 658. The first kappa shape index (κ1) is 14.7. The van der Waals surface area contributed by atoms with Crippen LogP contribution in [0.2, 0.25) is 0 Å². The highest BCUT2D eigenvalue weighted by Crippen LogP contribution is 2.25. The van der Waals surface area contributed by atoms with Gasteiger partial charge in [-0.1, -0.05) is 36.4 Å².